The number of hydrogen-bond donors (Lipinski definition) is 1. The van der Waals surface area contributed by atoms with Gasteiger partial charge in [-0.2, -0.15) is 5.10 Å². The van der Waals surface area contributed by atoms with Crippen molar-refractivity contribution in [1.82, 2.24) is 19.7 Å². The summed E-state index contributed by atoms with van der Waals surface area (Å²) in [6.45, 7) is 6.09. The molecule has 0 amide bonds. The standard InChI is InChI=1S/C29H27N5O2/c1-5-20-10-12-23(22(16-20)29(35)36-4)32-28-27(21-11-13-24-25(17-21)31-15-14-30-24)19(3)33-34(28)26-9-7-6-8-18(26)2/h6-17,32H,5H2,1-4H3. The molecule has 0 unspecified atom stereocenters. The van der Waals surface area contributed by atoms with Crippen molar-refractivity contribution in [3.63, 3.8) is 0 Å². The molecular weight excluding hydrogens is 450 g/mol. The van der Waals surface area contributed by atoms with Gasteiger partial charge in [0, 0.05) is 18.0 Å². The quantitative estimate of drug-likeness (QED) is 0.294. The molecule has 0 fully saturated rings. The molecule has 0 radical (unpaired) electrons. The number of aromatic nitrogens is 4. The topological polar surface area (TPSA) is 81.9 Å². The van der Waals surface area contributed by atoms with Crippen LogP contribution in [0.25, 0.3) is 27.8 Å². The summed E-state index contributed by atoms with van der Waals surface area (Å²) in [6, 6.07) is 19.9. The Kier molecular flexibility index (Phi) is 6.21. The summed E-state index contributed by atoms with van der Waals surface area (Å²) >= 11 is 0. The third-order valence-corrected chi connectivity index (χ3v) is 6.31. The number of methoxy groups -OCH3 is 1. The van der Waals surface area contributed by atoms with Crippen LogP contribution in [-0.2, 0) is 11.2 Å². The maximum absolute atomic E-state index is 12.7. The molecule has 5 rings (SSSR count). The number of rotatable bonds is 6. The Morgan fingerprint density at radius 1 is 0.972 bits per heavy atom. The van der Waals surface area contributed by atoms with Crippen LogP contribution in [0.15, 0.2) is 73.1 Å². The van der Waals surface area contributed by atoms with Crippen molar-refractivity contribution < 1.29 is 9.53 Å². The van der Waals surface area contributed by atoms with Crippen LogP contribution >= 0.6 is 0 Å². The maximum Gasteiger partial charge on any atom is 0.339 e. The SMILES string of the molecule is CCc1ccc(Nc2c(-c3ccc4nccnc4c3)c(C)nn2-c2ccccc2C)c(C(=O)OC)c1. The van der Waals surface area contributed by atoms with Crippen LogP contribution < -0.4 is 5.32 Å². The summed E-state index contributed by atoms with van der Waals surface area (Å²) < 4.78 is 7.00. The van der Waals surface area contributed by atoms with E-state index < -0.39 is 5.97 Å². The number of ether oxygens (including phenoxy) is 1. The van der Waals surface area contributed by atoms with Crippen LogP contribution in [0.1, 0.15) is 34.1 Å². The minimum Gasteiger partial charge on any atom is -0.465 e. The lowest BCUT2D eigenvalue weighted by Crippen LogP contribution is -2.10. The van der Waals surface area contributed by atoms with Gasteiger partial charge in [0.2, 0.25) is 0 Å². The zero-order valence-corrected chi connectivity index (χ0v) is 20.7. The number of fused-ring (bicyclic) bond motifs is 1. The lowest BCUT2D eigenvalue weighted by Gasteiger charge is -2.17. The van der Waals surface area contributed by atoms with Crippen LogP contribution in [0.2, 0.25) is 0 Å². The summed E-state index contributed by atoms with van der Waals surface area (Å²) in [6.07, 6.45) is 4.19. The Bertz CT molecular complexity index is 1590. The second-order valence-electron chi connectivity index (χ2n) is 8.62. The fourth-order valence-electron chi connectivity index (χ4n) is 4.41. The molecule has 180 valence electrons. The number of para-hydroxylation sites is 1. The third-order valence-electron chi connectivity index (χ3n) is 6.31. The van der Waals surface area contributed by atoms with Crippen LogP contribution in [0.4, 0.5) is 11.5 Å². The molecule has 0 aliphatic rings. The predicted molar refractivity (Wildman–Crippen MR) is 142 cm³/mol. The van der Waals surface area contributed by atoms with Crippen LogP contribution in [-0.4, -0.2) is 32.8 Å². The molecule has 0 aliphatic heterocycles. The molecular formula is C29H27N5O2. The number of hydrogen-bond acceptors (Lipinski definition) is 6. The number of aryl methyl sites for hydroxylation is 3. The molecule has 7 heteroatoms. The van der Waals surface area contributed by atoms with Gasteiger partial charge in [-0.3, -0.25) is 9.97 Å². The van der Waals surface area contributed by atoms with Gasteiger partial charge in [0.25, 0.3) is 0 Å². The van der Waals surface area contributed by atoms with E-state index in [1.54, 1.807) is 12.4 Å². The first kappa shape index (κ1) is 23.2. The number of carbonyl (C=O) groups excluding carboxylic acids is 1. The highest BCUT2D eigenvalue weighted by Crippen LogP contribution is 2.37. The molecule has 0 saturated carbocycles. The molecule has 7 nitrogen and oxygen atoms in total. The molecule has 36 heavy (non-hydrogen) atoms. The number of nitrogens with zero attached hydrogens (tertiary/aromatic N) is 4. The molecule has 2 aromatic heterocycles. The highest BCUT2D eigenvalue weighted by molar-refractivity contribution is 5.98. The Labute approximate surface area is 209 Å². The fraction of sp³-hybridized carbons (Fsp3) is 0.172. The summed E-state index contributed by atoms with van der Waals surface area (Å²) in [4.78, 5) is 21.6. The molecule has 0 spiro atoms. The number of esters is 1. The Morgan fingerprint density at radius 3 is 2.50 bits per heavy atom. The average molecular weight is 478 g/mol. The molecule has 5 aromatic rings. The first-order valence-electron chi connectivity index (χ1n) is 11.8. The van der Waals surface area contributed by atoms with Crippen molar-refractivity contribution in [3.8, 4) is 16.8 Å². The second-order valence-corrected chi connectivity index (χ2v) is 8.62. The van der Waals surface area contributed by atoms with E-state index in [9.17, 15) is 4.79 Å². The maximum atomic E-state index is 12.7. The van der Waals surface area contributed by atoms with Crippen molar-refractivity contribution in [2.75, 3.05) is 12.4 Å². The number of carbonyl (C=O) groups is 1. The van der Waals surface area contributed by atoms with E-state index in [0.29, 0.717) is 11.3 Å². The van der Waals surface area contributed by atoms with Gasteiger partial charge < -0.3 is 10.1 Å². The molecule has 0 bridgehead atoms. The van der Waals surface area contributed by atoms with E-state index in [0.717, 1.165) is 56.9 Å². The first-order valence-corrected chi connectivity index (χ1v) is 11.8. The lowest BCUT2D eigenvalue weighted by molar-refractivity contribution is 0.0601. The number of benzene rings is 3. The summed E-state index contributed by atoms with van der Waals surface area (Å²) in [5.74, 6) is 0.355. The zero-order valence-electron chi connectivity index (χ0n) is 20.7. The normalized spacial score (nSPS) is 11.0. The highest BCUT2D eigenvalue weighted by Gasteiger charge is 2.22. The van der Waals surface area contributed by atoms with Crippen molar-refractivity contribution in [3.05, 3.63) is 95.4 Å². The second kappa shape index (κ2) is 9.62. The predicted octanol–water partition coefficient (Wildman–Crippen LogP) is 6.19. The smallest absolute Gasteiger partial charge is 0.339 e. The van der Waals surface area contributed by atoms with E-state index in [1.807, 2.05) is 66.2 Å². The van der Waals surface area contributed by atoms with Gasteiger partial charge >= 0.3 is 5.97 Å². The number of nitrogens with one attached hydrogen (secondary N) is 1. The summed E-state index contributed by atoms with van der Waals surface area (Å²) in [7, 11) is 1.40. The summed E-state index contributed by atoms with van der Waals surface area (Å²) in [5, 5.41) is 8.46. The minimum atomic E-state index is -0.394. The molecule has 2 heterocycles. The minimum absolute atomic E-state index is 0.394. The van der Waals surface area contributed by atoms with E-state index in [2.05, 4.69) is 35.2 Å². The van der Waals surface area contributed by atoms with Crippen LogP contribution in [0, 0.1) is 13.8 Å². The van der Waals surface area contributed by atoms with E-state index >= 15 is 0 Å². The molecule has 3 aromatic carbocycles. The van der Waals surface area contributed by atoms with E-state index in [1.165, 1.54) is 7.11 Å². The van der Waals surface area contributed by atoms with Gasteiger partial charge in [0.1, 0.15) is 5.82 Å². The van der Waals surface area contributed by atoms with Crippen LogP contribution in [0.3, 0.4) is 0 Å². The summed E-state index contributed by atoms with van der Waals surface area (Å²) in [5.41, 5.74) is 8.53. The lowest BCUT2D eigenvalue weighted by atomic mass is 10.0. The molecule has 1 N–H and O–H groups in total. The molecule has 0 atom stereocenters. The zero-order chi connectivity index (χ0) is 25.2. The first-order chi connectivity index (χ1) is 17.5. The largest absolute Gasteiger partial charge is 0.465 e. The van der Waals surface area contributed by atoms with Crippen molar-refractivity contribution in [1.29, 1.82) is 0 Å². The Balaban J connectivity index is 1.74. The van der Waals surface area contributed by atoms with Crippen LogP contribution in [0.5, 0.6) is 0 Å². The highest BCUT2D eigenvalue weighted by atomic mass is 16.5. The average Bonchev–Trinajstić information content (AvgIpc) is 3.23. The van der Waals surface area contributed by atoms with Gasteiger partial charge in [-0.15, -0.1) is 0 Å². The van der Waals surface area contributed by atoms with Gasteiger partial charge in [-0.1, -0.05) is 37.3 Å². The Morgan fingerprint density at radius 2 is 1.75 bits per heavy atom. The third kappa shape index (κ3) is 4.20. The Hall–Kier alpha value is -4.52. The van der Waals surface area contributed by atoms with Gasteiger partial charge in [0.15, 0.2) is 0 Å². The van der Waals surface area contributed by atoms with Crippen molar-refractivity contribution in [2.45, 2.75) is 27.2 Å². The van der Waals surface area contributed by atoms with Gasteiger partial charge in [0.05, 0.1) is 40.8 Å². The monoisotopic (exact) mass is 477 g/mol. The van der Waals surface area contributed by atoms with Crippen molar-refractivity contribution in [2.24, 2.45) is 0 Å². The van der Waals surface area contributed by atoms with Gasteiger partial charge in [-0.05, 0) is 67.3 Å². The van der Waals surface area contributed by atoms with Gasteiger partial charge in [-0.25, -0.2) is 9.48 Å². The molecule has 0 aliphatic carbocycles. The molecule has 0 saturated heterocycles. The van der Waals surface area contributed by atoms with Crippen molar-refractivity contribution >= 4 is 28.5 Å². The fourth-order valence-corrected chi connectivity index (χ4v) is 4.41. The van der Waals surface area contributed by atoms with E-state index in [-0.39, 0.29) is 0 Å². The van der Waals surface area contributed by atoms with E-state index in [4.69, 9.17) is 9.84 Å². The number of anilines is 2.